The van der Waals surface area contributed by atoms with Crippen molar-refractivity contribution in [3.05, 3.63) is 67.7 Å². The van der Waals surface area contributed by atoms with E-state index in [0.717, 1.165) is 24.7 Å². The number of hydrogen-bond donors (Lipinski definition) is 1. The van der Waals surface area contributed by atoms with Gasteiger partial charge in [-0.2, -0.15) is 0 Å². The third kappa shape index (κ3) is 3.26. The molecule has 0 spiro atoms. The number of aromatic nitrogens is 2. The van der Waals surface area contributed by atoms with Crippen LogP contribution >= 0.6 is 45.5 Å². The summed E-state index contributed by atoms with van der Waals surface area (Å²) in [5.74, 6) is 0. The Morgan fingerprint density at radius 2 is 1.86 bits per heavy atom. The standard InChI is InChI=1S/C15H11ClIN3S/c16-10-6-7-12(17)11(8-10)14-19-20-15(21-14)13(18)9-4-2-1-3-5-9/h1-8,13H,18H2. The van der Waals surface area contributed by atoms with Crippen LogP contribution in [0.4, 0.5) is 0 Å². The molecule has 1 heterocycles. The lowest BCUT2D eigenvalue weighted by molar-refractivity contribution is 0.831. The Balaban J connectivity index is 1.95. The summed E-state index contributed by atoms with van der Waals surface area (Å²) in [4.78, 5) is 0. The van der Waals surface area contributed by atoms with E-state index >= 15 is 0 Å². The van der Waals surface area contributed by atoms with Crippen LogP contribution in [0.3, 0.4) is 0 Å². The molecule has 1 unspecified atom stereocenters. The molecule has 0 saturated carbocycles. The minimum atomic E-state index is -0.255. The first-order chi connectivity index (χ1) is 10.1. The van der Waals surface area contributed by atoms with E-state index in [4.69, 9.17) is 17.3 Å². The molecular formula is C15H11ClIN3S. The lowest BCUT2D eigenvalue weighted by Crippen LogP contribution is -2.11. The maximum atomic E-state index is 6.26. The molecule has 3 rings (SSSR count). The van der Waals surface area contributed by atoms with Gasteiger partial charge in [0.25, 0.3) is 0 Å². The molecule has 0 aliphatic carbocycles. The number of nitrogens with two attached hydrogens (primary N) is 1. The second-order valence-electron chi connectivity index (χ2n) is 4.46. The van der Waals surface area contributed by atoms with Crippen LogP contribution < -0.4 is 5.73 Å². The summed E-state index contributed by atoms with van der Waals surface area (Å²) in [7, 11) is 0. The molecule has 0 aliphatic rings. The van der Waals surface area contributed by atoms with Gasteiger partial charge in [0.2, 0.25) is 0 Å². The van der Waals surface area contributed by atoms with Gasteiger partial charge in [0.1, 0.15) is 10.0 Å². The first kappa shape index (κ1) is 14.9. The molecule has 6 heteroatoms. The molecule has 1 aromatic heterocycles. The summed E-state index contributed by atoms with van der Waals surface area (Å²) < 4.78 is 1.09. The number of halogens is 2. The Hall–Kier alpha value is -1.02. The van der Waals surface area contributed by atoms with Crippen molar-refractivity contribution in [1.29, 1.82) is 0 Å². The molecule has 21 heavy (non-hydrogen) atoms. The minimum Gasteiger partial charge on any atom is -0.318 e. The SMILES string of the molecule is NC(c1ccccc1)c1nnc(-c2cc(Cl)ccc2I)s1. The van der Waals surface area contributed by atoms with Gasteiger partial charge in [0.15, 0.2) is 0 Å². The molecule has 0 bridgehead atoms. The van der Waals surface area contributed by atoms with Crippen molar-refractivity contribution in [2.45, 2.75) is 6.04 Å². The Labute approximate surface area is 145 Å². The molecule has 3 nitrogen and oxygen atoms in total. The topological polar surface area (TPSA) is 51.8 Å². The predicted molar refractivity (Wildman–Crippen MR) is 95.5 cm³/mol. The Bertz CT molecular complexity index is 761. The second-order valence-corrected chi connectivity index (χ2v) is 7.07. The molecule has 0 fully saturated rings. The van der Waals surface area contributed by atoms with Crippen molar-refractivity contribution >= 4 is 45.5 Å². The highest BCUT2D eigenvalue weighted by molar-refractivity contribution is 14.1. The normalized spacial score (nSPS) is 12.3. The quantitative estimate of drug-likeness (QED) is 0.626. The average Bonchev–Trinajstić information content (AvgIpc) is 2.99. The van der Waals surface area contributed by atoms with Gasteiger partial charge in [-0.3, -0.25) is 0 Å². The van der Waals surface area contributed by atoms with Gasteiger partial charge >= 0.3 is 0 Å². The summed E-state index contributed by atoms with van der Waals surface area (Å²) in [5, 5.41) is 10.8. The third-order valence-electron chi connectivity index (χ3n) is 3.02. The first-order valence-corrected chi connectivity index (χ1v) is 8.52. The van der Waals surface area contributed by atoms with E-state index in [0.29, 0.717) is 5.02 Å². The van der Waals surface area contributed by atoms with Crippen LogP contribution in [-0.4, -0.2) is 10.2 Å². The van der Waals surface area contributed by atoms with Crippen molar-refractivity contribution < 1.29 is 0 Å². The molecule has 0 saturated heterocycles. The Kier molecular flexibility index (Phi) is 4.54. The van der Waals surface area contributed by atoms with E-state index in [9.17, 15) is 0 Å². The van der Waals surface area contributed by atoms with Gasteiger partial charge < -0.3 is 5.73 Å². The van der Waals surface area contributed by atoms with E-state index in [1.54, 1.807) is 0 Å². The number of rotatable bonds is 3. The van der Waals surface area contributed by atoms with Crippen molar-refractivity contribution in [3.63, 3.8) is 0 Å². The average molecular weight is 428 g/mol. The van der Waals surface area contributed by atoms with Gasteiger partial charge in [-0.25, -0.2) is 0 Å². The van der Waals surface area contributed by atoms with Crippen LogP contribution in [0.5, 0.6) is 0 Å². The second kappa shape index (κ2) is 6.39. The van der Waals surface area contributed by atoms with E-state index in [1.807, 2.05) is 48.5 Å². The van der Waals surface area contributed by atoms with Gasteiger partial charge in [-0.05, 0) is 46.4 Å². The molecule has 3 aromatic rings. The monoisotopic (exact) mass is 427 g/mol. The third-order valence-corrected chi connectivity index (χ3v) is 5.24. The summed E-state index contributed by atoms with van der Waals surface area (Å²) in [6.07, 6.45) is 0. The molecule has 106 valence electrons. The lowest BCUT2D eigenvalue weighted by atomic mass is 10.1. The van der Waals surface area contributed by atoms with Crippen LogP contribution in [0.1, 0.15) is 16.6 Å². The van der Waals surface area contributed by atoms with Gasteiger partial charge in [0.05, 0.1) is 6.04 Å². The van der Waals surface area contributed by atoms with Gasteiger partial charge in [-0.15, -0.1) is 10.2 Å². The maximum Gasteiger partial charge on any atom is 0.148 e. The number of nitrogens with zero attached hydrogens (tertiary/aromatic N) is 2. The first-order valence-electron chi connectivity index (χ1n) is 6.24. The largest absolute Gasteiger partial charge is 0.318 e. The van der Waals surface area contributed by atoms with Crippen molar-refractivity contribution in [3.8, 4) is 10.6 Å². The molecule has 2 N–H and O–H groups in total. The lowest BCUT2D eigenvalue weighted by Gasteiger charge is -2.07. The Morgan fingerprint density at radius 1 is 1.10 bits per heavy atom. The van der Waals surface area contributed by atoms with Crippen LogP contribution in [0, 0.1) is 3.57 Å². The van der Waals surface area contributed by atoms with E-state index < -0.39 is 0 Å². The fourth-order valence-corrected chi connectivity index (χ4v) is 3.78. The van der Waals surface area contributed by atoms with Crippen LogP contribution in [0.2, 0.25) is 5.02 Å². The summed E-state index contributed by atoms with van der Waals surface area (Å²) in [5.41, 5.74) is 8.28. The Morgan fingerprint density at radius 3 is 2.62 bits per heavy atom. The van der Waals surface area contributed by atoms with Gasteiger partial charge in [-0.1, -0.05) is 53.3 Å². The van der Waals surface area contributed by atoms with Crippen LogP contribution in [0.15, 0.2) is 48.5 Å². The van der Waals surface area contributed by atoms with Crippen molar-refractivity contribution in [2.75, 3.05) is 0 Å². The minimum absolute atomic E-state index is 0.255. The molecule has 0 aliphatic heterocycles. The molecule has 1 atom stereocenters. The van der Waals surface area contributed by atoms with Crippen molar-refractivity contribution in [1.82, 2.24) is 10.2 Å². The zero-order chi connectivity index (χ0) is 14.8. The van der Waals surface area contributed by atoms with Crippen LogP contribution in [-0.2, 0) is 0 Å². The van der Waals surface area contributed by atoms with Gasteiger partial charge in [0, 0.05) is 14.2 Å². The molecule has 0 amide bonds. The highest BCUT2D eigenvalue weighted by Crippen LogP contribution is 2.32. The summed E-state index contributed by atoms with van der Waals surface area (Å²) in [6.45, 7) is 0. The highest BCUT2D eigenvalue weighted by atomic mass is 127. The maximum absolute atomic E-state index is 6.26. The smallest absolute Gasteiger partial charge is 0.148 e. The van der Waals surface area contributed by atoms with Crippen molar-refractivity contribution in [2.24, 2.45) is 5.73 Å². The fourth-order valence-electron chi connectivity index (χ4n) is 1.93. The zero-order valence-corrected chi connectivity index (χ0v) is 14.6. The number of benzene rings is 2. The molecule has 0 radical (unpaired) electrons. The van der Waals surface area contributed by atoms with Crippen LogP contribution in [0.25, 0.3) is 10.6 Å². The van der Waals surface area contributed by atoms with E-state index in [-0.39, 0.29) is 6.04 Å². The molecular weight excluding hydrogens is 417 g/mol. The van der Waals surface area contributed by atoms with E-state index in [1.165, 1.54) is 11.3 Å². The van der Waals surface area contributed by atoms with E-state index in [2.05, 4.69) is 32.8 Å². The zero-order valence-electron chi connectivity index (χ0n) is 10.8. The number of hydrogen-bond acceptors (Lipinski definition) is 4. The molecule has 2 aromatic carbocycles. The summed E-state index contributed by atoms with van der Waals surface area (Å²) >= 11 is 9.83. The summed E-state index contributed by atoms with van der Waals surface area (Å²) in [6, 6.07) is 15.4. The fraction of sp³-hybridized carbons (Fsp3) is 0.0667. The predicted octanol–water partition coefficient (Wildman–Crippen LogP) is 4.51. The highest BCUT2D eigenvalue weighted by Gasteiger charge is 2.16.